The van der Waals surface area contributed by atoms with E-state index in [1.54, 1.807) is 62.3 Å². The minimum atomic E-state index is -1.30. The van der Waals surface area contributed by atoms with E-state index in [0.717, 1.165) is 0 Å². The van der Waals surface area contributed by atoms with Gasteiger partial charge in [0.15, 0.2) is 11.8 Å². The second-order valence-corrected chi connectivity index (χ2v) is 38.6. The normalized spacial score (nSPS) is 10.2. The molecule has 0 radical (unpaired) electrons. The Hall–Kier alpha value is -1.79. The van der Waals surface area contributed by atoms with Crippen molar-refractivity contribution in [2.24, 2.45) is 22.9 Å². The number of nitrogens with two attached hydrogens (primary N) is 4. The van der Waals surface area contributed by atoms with Crippen molar-refractivity contribution in [1.82, 2.24) is 0 Å². The molecule has 652 valence electrons. The number of aliphatic carboxylic acids is 4. The van der Waals surface area contributed by atoms with E-state index in [1.165, 1.54) is 54.2 Å². The molecular weight excluding hydrogens is 2460 g/mol. The number of carbonyl (C=O) groups is 4. The first-order valence-corrected chi connectivity index (χ1v) is 38.3. The van der Waals surface area contributed by atoms with Crippen LogP contribution in [0.2, 0.25) is 0 Å². The maximum Gasteiger partial charge on any atom is 2.00 e. The number of hydrogen-bond acceptors (Lipinski definition) is 17. The molecular formula is C72H118Au4N4O23P4S4Zn2+4. The average Bonchev–Trinajstić information content (AvgIpc) is 0.818. The summed E-state index contributed by atoms with van der Waals surface area (Å²) in [5.41, 5.74) is 20.5. The summed E-state index contributed by atoms with van der Waals surface area (Å²) in [6, 6.07) is 84.7. The number of benzene rings is 8. The topological polar surface area (TPSA) is 726 Å². The molecule has 0 heterocycles. The van der Waals surface area contributed by atoms with Crippen LogP contribution in [-0.2, 0) is 198 Å². The standard InChI is InChI=1S/2C25H22P2.4C5H11NO2S.C2H6O.4Au.14H2O.2Zn/c2*1-5-13-22(14-6-1)26(23-15-7-2-8-16-23)21-27(24-17-9-3-10-18-24)25-19-11-4-12-20-25;4*1-5(2,9)3(6)4(7)8;1-2-3;;;;;;;;;;;;;;;;;;;;/h2*1-20H,21H2;4*3,9H,6H2,1-2H3,(H,7,8);3H,2H2,1H3;;;;;14*1H2;;/q;;;;;;;4*+1;;;;;;;;;;;;;;;2*+2/p-4/t;;4*3-;;;;;;;;;;;;;;;;;;;;;/m..0000...................../s1. The van der Waals surface area contributed by atoms with Crippen LogP contribution in [0.3, 0.4) is 0 Å². The molecule has 0 aromatic heterocycles. The molecule has 0 fully saturated rings. The molecule has 0 spiro atoms. The predicted molar refractivity (Wildman–Crippen MR) is 453 cm³/mol. The Labute approximate surface area is 779 Å². The van der Waals surface area contributed by atoms with Gasteiger partial charge in [0, 0.05) is 30.8 Å². The predicted octanol–water partition coefficient (Wildman–Crippen LogP) is -8.66. The summed E-state index contributed by atoms with van der Waals surface area (Å²) >= 11 is 19.0. The minimum absolute atomic E-state index is 0. The maximum atomic E-state index is 10.0. The van der Waals surface area contributed by atoms with Crippen LogP contribution in [0.15, 0.2) is 243 Å². The van der Waals surface area contributed by atoms with E-state index < -0.39 is 98.7 Å². The van der Waals surface area contributed by atoms with E-state index in [1.807, 2.05) is 0 Å². The van der Waals surface area contributed by atoms with E-state index in [4.69, 9.17) is 78.6 Å². The Bertz CT molecular complexity index is 2820. The van der Waals surface area contributed by atoms with Gasteiger partial charge in [-0.2, -0.15) is 0 Å². The third kappa shape index (κ3) is 63.8. The van der Waals surface area contributed by atoms with Crippen LogP contribution in [0.5, 0.6) is 0 Å². The number of aliphatic hydroxyl groups excluding tert-OH is 1. The molecule has 113 heavy (non-hydrogen) atoms. The molecule has 0 bridgehead atoms. The fourth-order valence-corrected chi connectivity index (χ4v) is 23.9. The molecule has 0 saturated heterocycles. The molecule has 8 aromatic rings. The van der Waals surface area contributed by atoms with Crippen LogP contribution in [0.4, 0.5) is 0 Å². The van der Waals surface area contributed by atoms with Crippen molar-refractivity contribution in [3.8, 4) is 0 Å². The first-order valence-electron chi connectivity index (χ1n) is 29.8. The Morgan fingerprint density at radius 3 is 0.416 bits per heavy atom. The van der Waals surface area contributed by atoms with Gasteiger partial charge in [-0.05, 0) is 104 Å². The third-order valence-electron chi connectivity index (χ3n) is 13.7. The molecule has 8 rings (SSSR count). The molecule has 0 aliphatic rings. The van der Waals surface area contributed by atoms with Gasteiger partial charge in [0.1, 0.15) is 74.1 Å². The summed E-state index contributed by atoms with van der Waals surface area (Å²) in [7, 11) is -3.39. The molecule has 8 aromatic carbocycles. The summed E-state index contributed by atoms with van der Waals surface area (Å²) in [4.78, 5) is 40.2. The second-order valence-electron chi connectivity index (χ2n) is 23.1. The van der Waals surface area contributed by atoms with Gasteiger partial charge in [0.2, 0.25) is 0 Å². The van der Waals surface area contributed by atoms with Gasteiger partial charge in [-0.3, -0.25) is 0 Å². The van der Waals surface area contributed by atoms with Gasteiger partial charge in [-0.25, -0.2) is 0 Å². The summed E-state index contributed by atoms with van der Waals surface area (Å²) in [5, 5.41) is 59.8. The van der Waals surface area contributed by atoms with Crippen molar-refractivity contribution < 1.29 is 250 Å². The fourth-order valence-electron chi connectivity index (χ4n) is 8.09. The molecule has 0 aliphatic carbocycles. The van der Waals surface area contributed by atoms with E-state index in [-0.39, 0.29) is 212 Å². The second kappa shape index (κ2) is 83.8. The van der Waals surface area contributed by atoms with Crippen LogP contribution in [-0.4, -0.2) is 167 Å². The van der Waals surface area contributed by atoms with Gasteiger partial charge in [-0.15, -0.1) is 19.0 Å². The van der Waals surface area contributed by atoms with Crippen LogP contribution < -0.4 is 85.8 Å². The van der Waals surface area contributed by atoms with Crippen molar-refractivity contribution >= 4 is 149 Å². The van der Waals surface area contributed by atoms with Crippen molar-refractivity contribution in [1.29, 1.82) is 0 Å². The van der Waals surface area contributed by atoms with Gasteiger partial charge >= 0.3 is 128 Å². The van der Waals surface area contributed by atoms with Crippen molar-refractivity contribution in [3.05, 3.63) is 243 Å². The number of rotatable bonds is 20. The van der Waals surface area contributed by atoms with Crippen molar-refractivity contribution in [2.75, 3.05) is 18.4 Å². The zero-order valence-electron chi connectivity index (χ0n) is 63.8. The number of carboxylic acid groups (broad SMARTS) is 4. The molecule has 37 N–H and O–H groups in total. The van der Waals surface area contributed by atoms with Gasteiger partial charge in [0.05, 0.1) is 23.9 Å². The van der Waals surface area contributed by atoms with Crippen LogP contribution in [0, 0.1) is 0 Å². The zero-order chi connectivity index (χ0) is 70.0. The maximum absolute atomic E-state index is 10.0. The molecule has 41 heteroatoms. The van der Waals surface area contributed by atoms with Gasteiger partial charge in [-0.1, -0.05) is 201 Å². The van der Waals surface area contributed by atoms with Gasteiger partial charge < -0.3 is 195 Å². The smallest absolute Gasteiger partial charge is 0.785 e. The monoisotopic (exact) mass is 2570 g/mol. The summed E-state index contributed by atoms with van der Waals surface area (Å²) in [6.07, 6.45) is 0. The summed E-state index contributed by atoms with van der Waals surface area (Å²) < 4.78 is -3.28. The van der Waals surface area contributed by atoms with Crippen LogP contribution in [0.25, 0.3) is 0 Å². The summed E-state index contributed by atoms with van der Waals surface area (Å²) in [6.45, 7) is 14.5. The third-order valence-corrected chi connectivity index (χ3v) is 28.6. The fraction of sp³-hybridized carbons (Fsp3) is 0.278. The van der Waals surface area contributed by atoms with E-state index in [9.17, 15) is 39.6 Å². The van der Waals surface area contributed by atoms with E-state index in [2.05, 4.69) is 243 Å². The Balaban J connectivity index is -0.0000000566. The van der Waals surface area contributed by atoms with Crippen molar-refractivity contribution in [2.45, 2.75) is 105 Å². The SMILES string of the molecule is CC(C)([S-])[C@@H](N)C(=O)[O-].CC(C)([S-])[C@@H](N)C(=O)[O-].CC(C)([S-])[C@@H](N)C(=O)[O-].CC(C)([S-])[C@@H](N)C(=O)[O-].CCO.O.O.O.O.O.O.O.O.O.O.O.O.O.O.[Au+].[Au+].[Au+].[Au+].[Zn+2].[Zn+2].c1ccc([PH+](C[PH+](c2ccccc2)c2ccccc2)c2ccccc2)cc1.c1ccc([PH+](C[PH+](c2ccccc2)c2ccccc2)c2ccccc2)cc1. The summed E-state index contributed by atoms with van der Waals surface area (Å²) in [5.74, 6) is -2.69. The molecule has 0 saturated carbocycles. The molecule has 27 nitrogen and oxygen atoms in total. The van der Waals surface area contributed by atoms with Crippen molar-refractivity contribution in [3.63, 3.8) is 0 Å². The number of aliphatic hydroxyl groups is 1. The van der Waals surface area contributed by atoms with E-state index in [0.29, 0.717) is 0 Å². The minimum Gasteiger partial charge on any atom is -0.785 e. The largest absolute Gasteiger partial charge is 2.00 e. The number of carboxylic acids is 4. The zero-order valence-corrected chi connectivity index (χ0v) is 85.7. The first-order chi connectivity index (χ1) is 43.7. The molecule has 4 atom stereocenters. The van der Waals surface area contributed by atoms with Crippen LogP contribution in [0.1, 0.15) is 62.3 Å². The quantitative estimate of drug-likeness (QED) is 0.0269. The Morgan fingerprint density at radius 2 is 0.363 bits per heavy atom. The number of hydrogen-bond donors (Lipinski definition) is 5. The Kier molecular flexibility index (Phi) is 118. The van der Waals surface area contributed by atoms with Gasteiger partial charge in [0.25, 0.3) is 0 Å². The Morgan fingerprint density at radius 1 is 0.283 bits per heavy atom. The first kappa shape index (κ1) is 159. The van der Waals surface area contributed by atoms with E-state index >= 15 is 0 Å². The number of carbonyl (C=O) groups excluding carboxylic acids is 4. The molecule has 0 aliphatic heterocycles. The molecule has 0 amide bonds. The average molecular weight is 2580 g/mol. The molecule has 0 unspecified atom stereocenters. The van der Waals surface area contributed by atoms with Crippen LogP contribution >= 0.6 is 31.7 Å².